The molecule has 1 N–H and O–H groups in total. The molecule has 1 aromatic rings. The molecule has 1 amide bonds. The van der Waals surface area contributed by atoms with Crippen molar-refractivity contribution in [3.8, 4) is 0 Å². The third-order valence-corrected chi connectivity index (χ3v) is 4.12. The molecule has 0 spiro atoms. The van der Waals surface area contributed by atoms with Crippen LogP contribution in [0.25, 0.3) is 0 Å². The van der Waals surface area contributed by atoms with Crippen molar-refractivity contribution in [2.45, 2.75) is 45.1 Å². The van der Waals surface area contributed by atoms with Crippen molar-refractivity contribution < 1.29 is 14.1 Å². The van der Waals surface area contributed by atoms with Gasteiger partial charge in [-0.2, -0.15) is 4.39 Å². The maximum atomic E-state index is 13.5. The Hall–Kier alpha value is -1.98. The Morgan fingerprint density at radius 3 is 2.62 bits per heavy atom. The highest BCUT2D eigenvalue weighted by molar-refractivity contribution is 5.94. The summed E-state index contributed by atoms with van der Waals surface area (Å²) in [6.07, 6.45) is 5.78. The number of benzene rings is 1. The molecule has 6 heteroatoms. The van der Waals surface area contributed by atoms with Gasteiger partial charge in [0.05, 0.1) is 4.92 Å². The molecule has 114 valence electrons. The van der Waals surface area contributed by atoms with Gasteiger partial charge in [0.1, 0.15) is 0 Å². The fraction of sp³-hybridized carbons (Fsp3) is 0.533. The molecule has 1 aromatic carbocycles. The summed E-state index contributed by atoms with van der Waals surface area (Å²) in [5, 5.41) is 13.4. The van der Waals surface area contributed by atoms with Crippen molar-refractivity contribution >= 4 is 11.6 Å². The Kier molecular flexibility index (Phi) is 4.88. The maximum absolute atomic E-state index is 13.5. The van der Waals surface area contributed by atoms with Gasteiger partial charge in [-0.15, -0.1) is 0 Å². The number of halogens is 1. The van der Waals surface area contributed by atoms with Crippen molar-refractivity contribution in [1.82, 2.24) is 5.32 Å². The molecule has 0 bridgehead atoms. The smallest absolute Gasteiger partial charge is 0.304 e. The molecule has 0 aliphatic heterocycles. The predicted molar refractivity (Wildman–Crippen MR) is 76.6 cm³/mol. The zero-order chi connectivity index (χ0) is 15.4. The lowest BCUT2D eigenvalue weighted by atomic mass is 9.84. The number of carbonyl (C=O) groups is 1. The van der Waals surface area contributed by atoms with Gasteiger partial charge in [0.15, 0.2) is 0 Å². The Morgan fingerprint density at radius 1 is 1.38 bits per heavy atom. The minimum Gasteiger partial charge on any atom is -0.349 e. The fourth-order valence-corrected chi connectivity index (χ4v) is 2.84. The van der Waals surface area contributed by atoms with Crippen molar-refractivity contribution in [3.05, 3.63) is 39.7 Å². The highest BCUT2D eigenvalue weighted by Gasteiger charge is 2.23. The Labute approximate surface area is 122 Å². The highest BCUT2D eigenvalue weighted by atomic mass is 19.1. The van der Waals surface area contributed by atoms with Crippen LogP contribution >= 0.6 is 0 Å². The van der Waals surface area contributed by atoms with E-state index in [1.807, 2.05) is 6.92 Å². The van der Waals surface area contributed by atoms with Gasteiger partial charge in [0, 0.05) is 17.7 Å². The minimum absolute atomic E-state index is 0.0241. The van der Waals surface area contributed by atoms with Crippen LogP contribution in [0.1, 0.15) is 49.4 Å². The van der Waals surface area contributed by atoms with E-state index in [1.54, 1.807) is 0 Å². The molecule has 2 rings (SSSR count). The van der Waals surface area contributed by atoms with E-state index in [0.29, 0.717) is 5.92 Å². The summed E-state index contributed by atoms with van der Waals surface area (Å²) < 4.78 is 13.5. The molecular formula is C15H19FN2O3. The zero-order valence-corrected chi connectivity index (χ0v) is 12.0. The van der Waals surface area contributed by atoms with Gasteiger partial charge in [0.25, 0.3) is 5.91 Å². The van der Waals surface area contributed by atoms with Gasteiger partial charge in [0.2, 0.25) is 5.82 Å². The number of carbonyl (C=O) groups excluding carboxylic acids is 1. The number of amides is 1. The third-order valence-electron chi connectivity index (χ3n) is 4.12. The van der Waals surface area contributed by atoms with Gasteiger partial charge in [-0.05, 0) is 37.8 Å². The van der Waals surface area contributed by atoms with Gasteiger partial charge in [-0.1, -0.05) is 19.3 Å². The van der Waals surface area contributed by atoms with Crippen LogP contribution in [0.4, 0.5) is 10.1 Å². The molecule has 0 aromatic heterocycles. The zero-order valence-electron chi connectivity index (χ0n) is 12.0. The first-order chi connectivity index (χ1) is 9.99. The van der Waals surface area contributed by atoms with E-state index in [0.717, 1.165) is 25.0 Å². The number of nitrogens with one attached hydrogen (secondary N) is 1. The molecule has 0 saturated heterocycles. The predicted octanol–water partition coefficient (Wildman–Crippen LogP) is 3.43. The number of nitrogens with zero attached hydrogens (tertiary/aromatic N) is 1. The van der Waals surface area contributed by atoms with Crippen LogP contribution < -0.4 is 5.32 Å². The Balaban J connectivity index is 2.02. The molecule has 1 aliphatic carbocycles. The quantitative estimate of drug-likeness (QED) is 0.683. The van der Waals surface area contributed by atoms with E-state index in [1.165, 1.54) is 25.3 Å². The average molecular weight is 294 g/mol. The van der Waals surface area contributed by atoms with Crippen LogP contribution in [0.3, 0.4) is 0 Å². The van der Waals surface area contributed by atoms with Crippen LogP contribution in [0.2, 0.25) is 0 Å². The summed E-state index contributed by atoms with van der Waals surface area (Å²) in [4.78, 5) is 21.8. The SMILES string of the molecule is CC(NC(=O)c1ccc([N+](=O)[O-])c(F)c1)C1CCCCC1. The molecule has 1 atom stereocenters. The summed E-state index contributed by atoms with van der Waals surface area (Å²) in [6.45, 7) is 1.95. The van der Waals surface area contributed by atoms with E-state index >= 15 is 0 Å². The van der Waals surface area contributed by atoms with E-state index < -0.39 is 16.4 Å². The second kappa shape index (κ2) is 6.65. The lowest BCUT2D eigenvalue weighted by Crippen LogP contribution is -2.38. The van der Waals surface area contributed by atoms with Gasteiger partial charge >= 0.3 is 5.69 Å². The van der Waals surface area contributed by atoms with Crippen molar-refractivity contribution in [2.75, 3.05) is 0 Å². The Bertz CT molecular complexity index is 542. The van der Waals surface area contributed by atoms with Gasteiger partial charge in [-0.3, -0.25) is 14.9 Å². The van der Waals surface area contributed by atoms with E-state index in [2.05, 4.69) is 5.32 Å². The van der Waals surface area contributed by atoms with E-state index in [-0.39, 0.29) is 17.5 Å². The van der Waals surface area contributed by atoms with Crippen LogP contribution in [0.5, 0.6) is 0 Å². The molecule has 0 radical (unpaired) electrons. The molecule has 5 nitrogen and oxygen atoms in total. The largest absolute Gasteiger partial charge is 0.349 e. The third kappa shape index (κ3) is 3.77. The first kappa shape index (κ1) is 15.4. The first-order valence-corrected chi connectivity index (χ1v) is 7.24. The van der Waals surface area contributed by atoms with Crippen molar-refractivity contribution in [1.29, 1.82) is 0 Å². The van der Waals surface area contributed by atoms with Gasteiger partial charge in [-0.25, -0.2) is 0 Å². The topological polar surface area (TPSA) is 72.2 Å². The van der Waals surface area contributed by atoms with Crippen LogP contribution in [-0.4, -0.2) is 16.9 Å². The molecule has 1 fully saturated rings. The second-order valence-corrected chi connectivity index (χ2v) is 5.58. The minimum atomic E-state index is -0.988. The molecule has 1 saturated carbocycles. The first-order valence-electron chi connectivity index (χ1n) is 7.24. The Morgan fingerprint density at radius 2 is 2.05 bits per heavy atom. The molecule has 1 unspecified atom stereocenters. The van der Waals surface area contributed by atoms with Crippen LogP contribution in [-0.2, 0) is 0 Å². The second-order valence-electron chi connectivity index (χ2n) is 5.58. The standard InChI is InChI=1S/C15H19FN2O3/c1-10(11-5-3-2-4-6-11)17-15(19)12-7-8-14(18(20)21)13(16)9-12/h7-11H,2-6H2,1H3,(H,17,19). The molecule has 0 heterocycles. The number of hydrogen-bond acceptors (Lipinski definition) is 3. The lowest BCUT2D eigenvalue weighted by molar-refractivity contribution is -0.387. The maximum Gasteiger partial charge on any atom is 0.304 e. The number of hydrogen-bond donors (Lipinski definition) is 1. The number of rotatable bonds is 4. The summed E-state index contributed by atoms with van der Waals surface area (Å²) >= 11 is 0. The number of nitro benzene ring substituents is 1. The lowest BCUT2D eigenvalue weighted by Gasteiger charge is -2.28. The van der Waals surface area contributed by atoms with Crippen LogP contribution in [0, 0.1) is 21.8 Å². The van der Waals surface area contributed by atoms with Crippen molar-refractivity contribution in [2.24, 2.45) is 5.92 Å². The van der Waals surface area contributed by atoms with Crippen molar-refractivity contribution in [3.63, 3.8) is 0 Å². The highest BCUT2D eigenvalue weighted by Crippen LogP contribution is 2.26. The summed E-state index contributed by atoms with van der Waals surface area (Å²) in [7, 11) is 0. The molecular weight excluding hydrogens is 275 g/mol. The monoisotopic (exact) mass is 294 g/mol. The average Bonchev–Trinajstić information content (AvgIpc) is 2.47. The summed E-state index contributed by atoms with van der Waals surface area (Å²) in [6, 6.07) is 3.25. The molecule has 1 aliphatic rings. The van der Waals surface area contributed by atoms with E-state index in [4.69, 9.17) is 0 Å². The molecule has 21 heavy (non-hydrogen) atoms. The van der Waals surface area contributed by atoms with E-state index in [9.17, 15) is 19.3 Å². The summed E-state index contributed by atoms with van der Waals surface area (Å²) in [5.41, 5.74) is -0.507. The van der Waals surface area contributed by atoms with Crippen LogP contribution in [0.15, 0.2) is 18.2 Å². The van der Waals surface area contributed by atoms with Gasteiger partial charge < -0.3 is 5.32 Å². The normalized spacial score (nSPS) is 17.2. The fourth-order valence-electron chi connectivity index (χ4n) is 2.84. The summed E-state index contributed by atoms with van der Waals surface area (Å²) in [5.74, 6) is -0.926. The number of nitro groups is 1.